The SMILES string of the molecule is CC1(CNC2CC(c3ccccc3Cl)C2)CCOCC1. The van der Waals surface area contributed by atoms with Gasteiger partial charge in [-0.15, -0.1) is 0 Å². The number of hydrogen-bond donors (Lipinski definition) is 1. The highest BCUT2D eigenvalue weighted by Crippen LogP contribution is 2.40. The summed E-state index contributed by atoms with van der Waals surface area (Å²) in [6.45, 7) is 5.35. The molecule has 3 heteroatoms. The lowest BCUT2D eigenvalue weighted by atomic mass is 9.75. The Morgan fingerprint density at radius 1 is 1.25 bits per heavy atom. The molecule has 1 aromatic carbocycles. The van der Waals surface area contributed by atoms with Crippen molar-refractivity contribution in [2.24, 2.45) is 5.41 Å². The van der Waals surface area contributed by atoms with Gasteiger partial charge in [0.15, 0.2) is 0 Å². The number of benzene rings is 1. The van der Waals surface area contributed by atoms with Gasteiger partial charge in [-0.2, -0.15) is 0 Å². The van der Waals surface area contributed by atoms with E-state index < -0.39 is 0 Å². The third kappa shape index (κ3) is 3.19. The molecule has 1 aliphatic carbocycles. The zero-order chi connectivity index (χ0) is 14.0. The Kier molecular flexibility index (Phi) is 4.34. The third-order valence-electron chi connectivity index (χ3n) is 5.00. The van der Waals surface area contributed by atoms with Crippen LogP contribution in [0.1, 0.15) is 44.1 Å². The van der Waals surface area contributed by atoms with Crippen LogP contribution in [0.25, 0.3) is 0 Å². The molecule has 0 amide bonds. The number of nitrogens with one attached hydrogen (secondary N) is 1. The minimum Gasteiger partial charge on any atom is -0.381 e. The Bertz CT molecular complexity index is 450. The first-order valence-corrected chi connectivity index (χ1v) is 8.10. The maximum absolute atomic E-state index is 6.27. The molecule has 1 aromatic rings. The Balaban J connectivity index is 1.46. The highest BCUT2D eigenvalue weighted by atomic mass is 35.5. The van der Waals surface area contributed by atoms with E-state index in [0.717, 1.165) is 24.8 Å². The van der Waals surface area contributed by atoms with Crippen LogP contribution < -0.4 is 5.32 Å². The van der Waals surface area contributed by atoms with Crippen molar-refractivity contribution in [2.75, 3.05) is 19.8 Å². The summed E-state index contributed by atoms with van der Waals surface area (Å²) in [5.41, 5.74) is 1.75. The van der Waals surface area contributed by atoms with Crippen molar-refractivity contribution in [3.63, 3.8) is 0 Å². The fourth-order valence-electron chi connectivity index (χ4n) is 3.28. The molecule has 2 aliphatic rings. The van der Waals surface area contributed by atoms with Crippen LogP contribution in [-0.2, 0) is 4.74 Å². The lowest BCUT2D eigenvalue weighted by Crippen LogP contribution is -2.46. The van der Waals surface area contributed by atoms with Crippen molar-refractivity contribution in [1.29, 1.82) is 0 Å². The molecular formula is C17H24ClNO. The molecule has 2 fully saturated rings. The topological polar surface area (TPSA) is 21.3 Å². The average Bonchev–Trinajstić information content (AvgIpc) is 2.39. The van der Waals surface area contributed by atoms with Crippen LogP contribution in [0.4, 0.5) is 0 Å². The monoisotopic (exact) mass is 293 g/mol. The van der Waals surface area contributed by atoms with Gasteiger partial charge in [-0.25, -0.2) is 0 Å². The highest BCUT2D eigenvalue weighted by Gasteiger charge is 2.34. The van der Waals surface area contributed by atoms with Gasteiger partial charge in [0.25, 0.3) is 0 Å². The molecule has 1 N–H and O–H groups in total. The summed E-state index contributed by atoms with van der Waals surface area (Å²) in [6, 6.07) is 8.93. The van der Waals surface area contributed by atoms with Crippen LogP contribution in [-0.4, -0.2) is 25.8 Å². The van der Waals surface area contributed by atoms with Gasteiger partial charge in [-0.05, 0) is 48.6 Å². The van der Waals surface area contributed by atoms with Gasteiger partial charge in [-0.1, -0.05) is 36.7 Å². The molecule has 0 aromatic heterocycles. The molecule has 0 unspecified atom stereocenters. The third-order valence-corrected chi connectivity index (χ3v) is 5.34. The van der Waals surface area contributed by atoms with Gasteiger partial charge in [-0.3, -0.25) is 0 Å². The maximum Gasteiger partial charge on any atom is 0.0471 e. The second-order valence-corrected chi connectivity index (χ2v) is 7.10. The van der Waals surface area contributed by atoms with Crippen molar-refractivity contribution >= 4 is 11.6 Å². The molecule has 1 aliphatic heterocycles. The van der Waals surface area contributed by atoms with E-state index in [4.69, 9.17) is 16.3 Å². The predicted octanol–water partition coefficient (Wildman–Crippen LogP) is 3.99. The van der Waals surface area contributed by atoms with E-state index in [1.165, 1.54) is 31.2 Å². The quantitative estimate of drug-likeness (QED) is 0.906. The molecule has 1 heterocycles. The summed E-state index contributed by atoms with van der Waals surface area (Å²) in [5, 5.41) is 4.67. The summed E-state index contributed by atoms with van der Waals surface area (Å²) in [7, 11) is 0. The summed E-state index contributed by atoms with van der Waals surface area (Å²) < 4.78 is 5.46. The Morgan fingerprint density at radius 2 is 1.95 bits per heavy atom. The molecule has 2 nitrogen and oxygen atoms in total. The molecule has 1 saturated heterocycles. The second kappa shape index (κ2) is 6.05. The van der Waals surface area contributed by atoms with Crippen LogP contribution in [0, 0.1) is 5.41 Å². The predicted molar refractivity (Wildman–Crippen MR) is 83.4 cm³/mol. The maximum atomic E-state index is 6.27. The molecular weight excluding hydrogens is 270 g/mol. The average molecular weight is 294 g/mol. The van der Waals surface area contributed by atoms with E-state index >= 15 is 0 Å². The largest absolute Gasteiger partial charge is 0.381 e. The van der Waals surface area contributed by atoms with Crippen molar-refractivity contribution in [2.45, 2.75) is 44.6 Å². The highest BCUT2D eigenvalue weighted by molar-refractivity contribution is 6.31. The van der Waals surface area contributed by atoms with Crippen LogP contribution in [0.3, 0.4) is 0 Å². The molecule has 20 heavy (non-hydrogen) atoms. The van der Waals surface area contributed by atoms with E-state index in [9.17, 15) is 0 Å². The smallest absolute Gasteiger partial charge is 0.0471 e. The Labute approximate surface area is 126 Å². The molecule has 0 atom stereocenters. The number of ether oxygens (including phenoxy) is 1. The fourth-order valence-corrected chi connectivity index (χ4v) is 3.57. The summed E-state index contributed by atoms with van der Waals surface area (Å²) >= 11 is 6.27. The van der Waals surface area contributed by atoms with Crippen LogP contribution in [0.2, 0.25) is 5.02 Å². The van der Waals surface area contributed by atoms with Crippen LogP contribution in [0.15, 0.2) is 24.3 Å². The lowest BCUT2D eigenvalue weighted by molar-refractivity contribution is 0.0211. The van der Waals surface area contributed by atoms with Crippen molar-refractivity contribution < 1.29 is 4.74 Å². The van der Waals surface area contributed by atoms with Gasteiger partial charge < -0.3 is 10.1 Å². The summed E-state index contributed by atoms with van der Waals surface area (Å²) in [6.07, 6.45) is 4.80. The minimum atomic E-state index is 0.424. The first kappa shape index (κ1) is 14.4. The minimum absolute atomic E-state index is 0.424. The Hall–Kier alpha value is -0.570. The van der Waals surface area contributed by atoms with E-state index in [0.29, 0.717) is 17.4 Å². The number of rotatable bonds is 4. The van der Waals surface area contributed by atoms with E-state index in [2.05, 4.69) is 24.4 Å². The van der Waals surface area contributed by atoms with Gasteiger partial charge in [0.05, 0.1) is 0 Å². The fraction of sp³-hybridized carbons (Fsp3) is 0.647. The standard InChI is InChI=1S/C17H24ClNO/c1-17(6-8-20-9-7-17)12-19-14-10-13(11-14)15-4-2-3-5-16(15)18/h2-5,13-14,19H,6-12H2,1H3. The first-order chi connectivity index (χ1) is 9.66. The number of halogens is 1. The first-order valence-electron chi connectivity index (χ1n) is 7.72. The van der Waals surface area contributed by atoms with Gasteiger partial charge in [0.2, 0.25) is 0 Å². The van der Waals surface area contributed by atoms with Crippen molar-refractivity contribution in [3.8, 4) is 0 Å². The molecule has 0 radical (unpaired) electrons. The number of hydrogen-bond acceptors (Lipinski definition) is 2. The van der Waals surface area contributed by atoms with E-state index in [-0.39, 0.29) is 0 Å². The van der Waals surface area contributed by atoms with E-state index in [1.807, 2.05) is 12.1 Å². The lowest BCUT2D eigenvalue weighted by Gasteiger charge is -2.41. The Morgan fingerprint density at radius 3 is 2.65 bits per heavy atom. The van der Waals surface area contributed by atoms with Crippen LogP contribution >= 0.6 is 11.6 Å². The molecule has 3 rings (SSSR count). The van der Waals surface area contributed by atoms with Gasteiger partial charge in [0.1, 0.15) is 0 Å². The summed E-state index contributed by atoms with van der Waals surface area (Å²) in [4.78, 5) is 0. The summed E-state index contributed by atoms with van der Waals surface area (Å²) in [5.74, 6) is 0.642. The van der Waals surface area contributed by atoms with Crippen molar-refractivity contribution in [1.82, 2.24) is 5.32 Å². The van der Waals surface area contributed by atoms with Crippen molar-refractivity contribution in [3.05, 3.63) is 34.9 Å². The normalized spacial score (nSPS) is 28.9. The molecule has 0 spiro atoms. The second-order valence-electron chi connectivity index (χ2n) is 6.69. The van der Waals surface area contributed by atoms with E-state index in [1.54, 1.807) is 0 Å². The van der Waals surface area contributed by atoms with Gasteiger partial charge >= 0.3 is 0 Å². The zero-order valence-electron chi connectivity index (χ0n) is 12.2. The molecule has 1 saturated carbocycles. The molecule has 0 bridgehead atoms. The zero-order valence-corrected chi connectivity index (χ0v) is 13.0. The molecule has 110 valence electrons. The van der Waals surface area contributed by atoms with Gasteiger partial charge in [0, 0.05) is 30.8 Å². The van der Waals surface area contributed by atoms with Crippen LogP contribution in [0.5, 0.6) is 0 Å².